The first-order valence-corrected chi connectivity index (χ1v) is 7.78. The zero-order valence-corrected chi connectivity index (χ0v) is 12.4. The summed E-state index contributed by atoms with van der Waals surface area (Å²) < 4.78 is 0. The Labute approximate surface area is 126 Å². The summed E-state index contributed by atoms with van der Waals surface area (Å²) in [5.74, 6) is 0.124. The third-order valence-corrected chi connectivity index (χ3v) is 5.22. The van der Waals surface area contributed by atoms with Gasteiger partial charge in [-0.3, -0.25) is 0 Å². The minimum absolute atomic E-state index is 0.124. The first-order valence-electron chi connectivity index (χ1n) is 7.78. The molecule has 0 saturated carbocycles. The third-order valence-electron chi connectivity index (χ3n) is 5.22. The van der Waals surface area contributed by atoms with Crippen LogP contribution < -0.4 is 0 Å². The van der Waals surface area contributed by atoms with Gasteiger partial charge in [0.15, 0.2) is 0 Å². The van der Waals surface area contributed by atoms with Gasteiger partial charge in [-0.15, -0.1) is 0 Å². The molecule has 2 aromatic carbocycles. The van der Waals surface area contributed by atoms with E-state index in [1.54, 1.807) is 0 Å². The van der Waals surface area contributed by atoms with Crippen LogP contribution in [0, 0.1) is 0 Å². The second-order valence-electron chi connectivity index (χ2n) is 6.51. The molecule has 1 saturated heterocycles. The molecule has 1 N–H and O–H groups in total. The third kappa shape index (κ3) is 1.94. The van der Waals surface area contributed by atoms with Gasteiger partial charge in [-0.1, -0.05) is 48.5 Å². The Morgan fingerprint density at radius 1 is 0.905 bits per heavy atom. The van der Waals surface area contributed by atoms with E-state index < -0.39 is 5.60 Å². The second kappa shape index (κ2) is 4.69. The molecule has 0 radical (unpaired) electrons. The molecule has 0 spiro atoms. The predicted molar refractivity (Wildman–Crippen MR) is 85.4 cm³/mol. The van der Waals surface area contributed by atoms with Gasteiger partial charge in [0.05, 0.1) is 5.60 Å². The molecule has 2 heteroatoms. The smallest absolute Gasteiger partial charge is 0.0781 e. The molecular weight excluding hydrogens is 258 g/mol. The van der Waals surface area contributed by atoms with Crippen LogP contribution in [-0.2, 0) is 0 Å². The maximum Gasteiger partial charge on any atom is 0.0781 e. The molecule has 2 aliphatic rings. The number of benzene rings is 2. The molecule has 4 rings (SSSR count). The van der Waals surface area contributed by atoms with Crippen LogP contribution in [0.1, 0.15) is 29.9 Å². The summed E-state index contributed by atoms with van der Waals surface area (Å²) in [5, 5.41) is 11.4. The van der Waals surface area contributed by atoms with Gasteiger partial charge >= 0.3 is 0 Å². The van der Waals surface area contributed by atoms with E-state index in [0.29, 0.717) is 0 Å². The van der Waals surface area contributed by atoms with Crippen molar-refractivity contribution in [3.8, 4) is 11.1 Å². The number of piperidine rings is 1. The quantitative estimate of drug-likeness (QED) is 0.866. The highest BCUT2D eigenvalue weighted by atomic mass is 16.3. The van der Waals surface area contributed by atoms with Crippen molar-refractivity contribution >= 4 is 0 Å². The Kier molecular flexibility index (Phi) is 2.91. The van der Waals surface area contributed by atoms with Crippen molar-refractivity contribution in [3.05, 3.63) is 59.7 Å². The van der Waals surface area contributed by atoms with Crippen LogP contribution in [0.3, 0.4) is 0 Å². The highest BCUT2D eigenvalue weighted by molar-refractivity contribution is 5.79. The summed E-state index contributed by atoms with van der Waals surface area (Å²) in [6.45, 7) is 1.94. The van der Waals surface area contributed by atoms with E-state index in [4.69, 9.17) is 0 Å². The van der Waals surface area contributed by atoms with Crippen molar-refractivity contribution in [1.82, 2.24) is 4.90 Å². The van der Waals surface area contributed by atoms with Crippen molar-refractivity contribution in [3.63, 3.8) is 0 Å². The monoisotopic (exact) mass is 279 g/mol. The fourth-order valence-corrected chi connectivity index (χ4v) is 4.03. The summed E-state index contributed by atoms with van der Waals surface area (Å²) in [6, 6.07) is 17.1. The van der Waals surface area contributed by atoms with Crippen molar-refractivity contribution in [2.45, 2.75) is 24.4 Å². The Balaban J connectivity index is 1.85. The van der Waals surface area contributed by atoms with E-state index in [-0.39, 0.29) is 5.92 Å². The van der Waals surface area contributed by atoms with Gasteiger partial charge < -0.3 is 10.0 Å². The Morgan fingerprint density at radius 2 is 1.38 bits per heavy atom. The van der Waals surface area contributed by atoms with Gasteiger partial charge in [0.1, 0.15) is 0 Å². The highest BCUT2D eigenvalue weighted by Crippen LogP contribution is 2.51. The van der Waals surface area contributed by atoms with Crippen LogP contribution in [0.5, 0.6) is 0 Å². The first kappa shape index (κ1) is 13.1. The first-order chi connectivity index (χ1) is 10.2. The predicted octanol–water partition coefficient (Wildman–Crippen LogP) is 3.26. The average Bonchev–Trinajstić information content (AvgIpc) is 2.86. The van der Waals surface area contributed by atoms with Crippen molar-refractivity contribution in [2.75, 3.05) is 20.1 Å². The summed E-state index contributed by atoms with van der Waals surface area (Å²) in [7, 11) is 2.14. The second-order valence-corrected chi connectivity index (χ2v) is 6.51. The Morgan fingerprint density at radius 3 is 1.90 bits per heavy atom. The number of rotatable bonds is 1. The molecule has 0 bridgehead atoms. The van der Waals surface area contributed by atoms with Gasteiger partial charge in [0.25, 0.3) is 0 Å². The summed E-state index contributed by atoms with van der Waals surface area (Å²) >= 11 is 0. The van der Waals surface area contributed by atoms with Gasteiger partial charge in [-0.25, -0.2) is 0 Å². The minimum atomic E-state index is -0.616. The lowest BCUT2D eigenvalue weighted by atomic mass is 9.74. The lowest BCUT2D eigenvalue weighted by molar-refractivity contribution is -0.0279. The molecule has 0 aromatic heterocycles. The fourth-order valence-electron chi connectivity index (χ4n) is 4.03. The number of hydrogen-bond acceptors (Lipinski definition) is 2. The lowest BCUT2D eigenvalue weighted by Gasteiger charge is -2.41. The number of nitrogens with zero attached hydrogens (tertiary/aromatic N) is 1. The number of fused-ring (bicyclic) bond motifs is 3. The van der Waals surface area contributed by atoms with Crippen molar-refractivity contribution < 1.29 is 5.11 Å². The van der Waals surface area contributed by atoms with E-state index in [1.807, 2.05) is 0 Å². The molecular formula is C19H21NO. The van der Waals surface area contributed by atoms with Crippen LogP contribution in [-0.4, -0.2) is 35.7 Å². The maximum absolute atomic E-state index is 11.4. The molecule has 1 heterocycles. The topological polar surface area (TPSA) is 23.5 Å². The molecule has 1 fully saturated rings. The molecule has 21 heavy (non-hydrogen) atoms. The standard InChI is InChI=1S/C19H21NO/c1-20-12-10-19(21,11-13-20)18-16-8-4-2-6-14(16)15-7-3-5-9-17(15)18/h2-9,18,21H,10-13H2,1H3. The SMILES string of the molecule is CN1CCC(O)(C2c3ccccc3-c3ccccc32)CC1. The van der Waals surface area contributed by atoms with Gasteiger partial charge in [0, 0.05) is 19.0 Å². The Bertz CT molecular complexity index is 625. The Hall–Kier alpha value is -1.64. The molecule has 0 amide bonds. The van der Waals surface area contributed by atoms with E-state index in [9.17, 15) is 5.11 Å². The number of likely N-dealkylation sites (tertiary alicyclic amines) is 1. The van der Waals surface area contributed by atoms with Crippen LogP contribution in [0.4, 0.5) is 0 Å². The average molecular weight is 279 g/mol. The summed E-state index contributed by atoms with van der Waals surface area (Å²) in [6.07, 6.45) is 1.69. The molecule has 1 aliphatic carbocycles. The summed E-state index contributed by atoms with van der Waals surface area (Å²) in [5.41, 5.74) is 4.57. The largest absolute Gasteiger partial charge is 0.389 e. The zero-order chi connectivity index (χ0) is 14.4. The minimum Gasteiger partial charge on any atom is -0.389 e. The van der Waals surface area contributed by atoms with E-state index in [2.05, 4.69) is 60.5 Å². The highest BCUT2D eigenvalue weighted by Gasteiger charge is 2.45. The molecule has 108 valence electrons. The van der Waals surface area contributed by atoms with E-state index in [0.717, 1.165) is 25.9 Å². The number of aliphatic hydroxyl groups is 1. The zero-order valence-electron chi connectivity index (χ0n) is 12.4. The van der Waals surface area contributed by atoms with Crippen LogP contribution in [0.25, 0.3) is 11.1 Å². The molecule has 2 aromatic rings. The molecule has 0 unspecified atom stereocenters. The molecule has 2 nitrogen and oxygen atoms in total. The van der Waals surface area contributed by atoms with Gasteiger partial charge in [0.2, 0.25) is 0 Å². The van der Waals surface area contributed by atoms with Crippen molar-refractivity contribution in [2.24, 2.45) is 0 Å². The molecule has 1 aliphatic heterocycles. The lowest BCUT2D eigenvalue weighted by Crippen LogP contribution is -2.46. The summed E-state index contributed by atoms with van der Waals surface area (Å²) in [4.78, 5) is 2.31. The normalized spacial score (nSPS) is 21.0. The van der Waals surface area contributed by atoms with Crippen LogP contribution >= 0.6 is 0 Å². The van der Waals surface area contributed by atoms with Gasteiger partial charge in [-0.05, 0) is 42.1 Å². The number of hydrogen-bond donors (Lipinski definition) is 1. The van der Waals surface area contributed by atoms with E-state index in [1.165, 1.54) is 22.3 Å². The molecule has 0 atom stereocenters. The fraction of sp³-hybridized carbons (Fsp3) is 0.368. The van der Waals surface area contributed by atoms with E-state index >= 15 is 0 Å². The van der Waals surface area contributed by atoms with Crippen LogP contribution in [0.2, 0.25) is 0 Å². The van der Waals surface area contributed by atoms with Crippen LogP contribution in [0.15, 0.2) is 48.5 Å². The maximum atomic E-state index is 11.4. The van der Waals surface area contributed by atoms with Crippen molar-refractivity contribution in [1.29, 1.82) is 0 Å². The van der Waals surface area contributed by atoms with Gasteiger partial charge in [-0.2, -0.15) is 0 Å².